The molecule has 0 saturated carbocycles. The first kappa shape index (κ1) is 22.3. The van der Waals surface area contributed by atoms with Crippen LogP contribution >= 0.6 is 0 Å². The second kappa shape index (κ2) is 11.6. The molecule has 0 aliphatic carbocycles. The third-order valence-corrected chi connectivity index (χ3v) is 5.10. The Hall–Kier alpha value is -3.90. The average molecular weight is 441 g/mol. The van der Waals surface area contributed by atoms with Crippen LogP contribution in [-0.2, 0) is 31.0 Å². The first-order chi connectivity index (χ1) is 16.3. The van der Waals surface area contributed by atoms with E-state index in [0.29, 0.717) is 38.2 Å². The predicted molar refractivity (Wildman–Crippen MR) is 130 cm³/mol. The van der Waals surface area contributed by atoms with Gasteiger partial charge in [-0.05, 0) is 28.8 Å². The minimum atomic E-state index is 0.522. The molecule has 3 aromatic carbocycles. The van der Waals surface area contributed by atoms with E-state index in [1.165, 1.54) is 5.56 Å². The van der Waals surface area contributed by atoms with Gasteiger partial charge in [0.25, 0.3) is 0 Å². The van der Waals surface area contributed by atoms with E-state index in [0.717, 1.165) is 22.4 Å². The molecule has 0 saturated heterocycles. The average Bonchev–Trinajstić information content (AvgIpc) is 3.35. The zero-order valence-corrected chi connectivity index (χ0v) is 18.7. The maximum Gasteiger partial charge on any atom is 0.226 e. The number of hydrogen-bond donors (Lipinski definition) is 2. The fraction of sp³-hybridized carbons (Fsp3) is 0.185. The monoisotopic (exact) mass is 440 g/mol. The Labute approximate surface area is 194 Å². The number of oxazole rings is 1. The summed E-state index contributed by atoms with van der Waals surface area (Å²) >= 11 is 0. The number of ether oxygens (including phenoxy) is 1. The summed E-state index contributed by atoms with van der Waals surface area (Å²) in [5, 5.41) is 6.60. The van der Waals surface area contributed by atoms with Crippen LogP contribution in [-0.4, -0.2) is 18.0 Å². The highest BCUT2D eigenvalue weighted by Crippen LogP contribution is 2.17. The summed E-state index contributed by atoms with van der Waals surface area (Å²) in [6, 6.07) is 28.5. The van der Waals surface area contributed by atoms with Gasteiger partial charge in [0, 0.05) is 19.2 Å². The molecule has 0 atom stereocenters. The van der Waals surface area contributed by atoms with Gasteiger partial charge in [0.2, 0.25) is 5.89 Å². The Morgan fingerprint density at radius 2 is 1.39 bits per heavy atom. The van der Waals surface area contributed by atoms with Crippen molar-refractivity contribution in [1.82, 2.24) is 15.6 Å². The third-order valence-electron chi connectivity index (χ3n) is 5.10. The summed E-state index contributed by atoms with van der Waals surface area (Å²) in [5.74, 6) is 1.32. The van der Waals surface area contributed by atoms with Crippen LogP contribution in [0.3, 0.4) is 0 Å². The molecular weight excluding hydrogens is 412 g/mol. The van der Waals surface area contributed by atoms with Crippen LogP contribution in [0, 0.1) is 0 Å². The van der Waals surface area contributed by atoms with Crippen molar-refractivity contribution in [2.75, 3.05) is 7.05 Å². The van der Waals surface area contributed by atoms with E-state index in [1.807, 2.05) is 48.5 Å². The van der Waals surface area contributed by atoms with Crippen LogP contribution in [0.15, 0.2) is 101 Å². The summed E-state index contributed by atoms with van der Waals surface area (Å²) in [7, 11) is 1.75. The largest absolute Gasteiger partial charge is 0.444 e. The van der Waals surface area contributed by atoms with Gasteiger partial charge >= 0.3 is 0 Å². The lowest BCUT2D eigenvalue weighted by atomic mass is 10.1. The van der Waals surface area contributed by atoms with Gasteiger partial charge in [-0.3, -0.25) is 4.99 Å². The maximum absolute atomic E-state index is 5.81. The highest BCUT2D eigenvalue weighted by Gasteiger charge is 2.07. The fourth-order valence-electron chi connectivity index (χ4n) is 3.30. The van der Waals surface area contributed by atoms with Gasteiger partial charge in [0.1, 0.15) is 6.26 Å². The SMILES string of the molecule is CN=C(NCc1ccc(COCc2ccccc2)cc1)NCc1coc(-c2ccccc2)n1. The molecule has 168 valence electrons. The molecule has 0 amide bonds. The summed E-state index contributed by atoms with van der Waals surface area (Å²) in [6.07, 6.45) is 1.67. The second-order valence-corrected chi connectivity index (χ2v) is 7.58. The Balaban J connectivity index is 1.20. The standard InChI is InChI=1S/C27H28N4O2/c1-28-27(30-17-25-20-33-26(31-25)24-10-6-3-7-11-24)29-16-21-12-14-23(15-13-21)19-32-18-22-8-4-2-5-9-22/h2-15,20H,16-19H2,1H3,(H2,28,29,30). The number of aliphatic imine (C=N–C) groups is 1. The normalized spacial score (nSPS) is 11.4. The molecule has 0 bridgehead atoms. The van der Waals surface area contributed by atoms with Gasteiger partial charge in [-0.2, -0.15) is 0 Å². The van der Waals surface area contributed by atoms with Crippen LogP contribution in [0.4, 0.5) is 0 Å². The molecule has 0 fully saturated rings. The predicted octanol–water partition coefficient (Wildman–Crippen LogP) is 4.92. The number of guanidine groups is 1. The molecule has 4 aromatic rings. The molecule has 33 heavy (non-hydrogen) atoms. The van der Waals surface area contributed by atoms with Gasteiger partial charge < -0.3 is 19.8 Å². The first-order valence-electron chi connectivity index (χ1n) is 10.9. The maximum atomic E-state index is 5.81. The Morgan fingerprint density at radius 3 is 2.09 bits per heavy atom. The van der Waals surface area contributed by atoms with Crippen molar-refractivity contribution in [2.24, 2.45) is 4.99 Å². The molecule has 4 rings (SSSR count). The molecular formula is C27H28N4O2. The van der Waals surface area contributed by atoms with Crippen molar-refractivity contribution in [3.8, 4) is 11.5 Å². The molecule has 0 spiro atoms. The number of aromatic nitrogens is 1. The molecule has 6 heteroatoms. The molecule has 0 aliphatic rings. The van der Waals surface area contributed by atoms with Gasteiger partial charge in [0.05, 0.1) is 25.5 Å². The van der Waals surface area contributed by atoms with Gasteiger partial charge in [-0.15, -0.1) is 0 Å². The first-order valence-corrected chi connectivity index (χ1v) is 10.9. The van der Waals surface area contributed by atoms with Crippen LogP contribution in [0.1, 0.15) is 22.4 Å². The molecule has 0 radical (unpaired) electrons. The quantitative estimate of drug-likeness (QED) is 0.285. The topological polar surface area (TPSA) is 71.7 Å². The highest BCUT2D eigenvalue weighted by atomic mass is 16.5. The third kappa shape index (κ3) is 6.79. The van der Waals surface area contributed by atoms with E-state index < -0.39 is 0 Å². The zero-order chi connectivity index (χ0) is 22.7. The van der Waals surface area contributed by atoms with Crippen molar-refractivity contribution in [3.05, 3.63) is 114 Å². The summed E-state index contributed by atoms with van der Waals surface area (Å²) in [4.78, 5) is 8.82. The number of benzene rings is 3. The molecule has 0 aliphatic heterocycles. The van der Waals surface area contributed by atoms with Gasteiger partial charge in [-0.1, -0.05) is 72.8 Å². The van der Waals surface area contributed by atoms with Crippen molar-refractivity contribution in [3.63, 3.8) is 0 Å². The van der Waals surface area contributed by atoms with Crippen molar-refractivity contribution in [1.29, 1.82) is 0 Å². The second-order valence-electron chi connectivity index (χ2n) is 7.58. The van der Waals surface area contributed by atoms with Crippen LogP contribution < -0.4 is 10.6 Å². The molecule has 2 N–H and O–H groups in total. The smallest absolute Gasteiger partial charge is 0.226 e. The number of rotatable bonds is 9. The van der Waals surface area contributed by atoms with Crippen LogP contribution in [0.5, 0.6) is 0 Å². The van der Waals surface area contributed by atoms with E-state index in [9.17, 15) is 0 Å². The van der Waals surface area contributed by atoms with Crippen LogP contribution in [0.25, 0.3) is 11.5 Å². The minimum absolute atomic E-state index is 0.522. The lowest BCUT2D eigenvalue weighted by Crippen LogP contribution is -2.36. The van der Waals surface area contributed by atoms with Crippen molar-refractivity contribution >= 4 is 5.96 Å². The van der Waals surface area contributed by atoms with E-state index in [1.54, 1.807) is 13.3 Å². The molecule has 1 heterocycles. The van der Waals surface area contributed by atoms with Crippen molar-refractivity contribution < 1.29 is 9.15 Å². The summed E-state index contributed by atoms with van der Waals surface area (Å²) in [5.41, 5.74) is 5.27. The molecule has 0 unspecified atom stereocenters. The van der Waals surface area contributed by atoms with Gasteiger partial charge in [-0.25, -0.2) is 4.98 Å². The fourth-order valence-corrected chi connectivity index (χ4v) is 3.30. The highest BCUT2D eigenvalue weighted by molar-refractivity contribution is 5.79. The summed E-state index contributed by atoms with van der Waals surface area (Å²) < 4.78 is 11.4. The Bertz CT molecular complexity index is 1140. The van der Waals surface area contributed by atoms with Crippen molar-refractivity contribution in [2.45, 2.75) is 26.3 Å². The van der Waals surface area contributed by atoms with Crippen LogP contribution in [0.2, 0.25) is 0 Å². The number of hydrogen-bond acceptors (Lipinski definition) is 4. The lowest BCUT2D eigenvalue weighted by molar-refractivity contribution is 0.107. The van der Waals surface area contributed by atoms with E-state index >= 15 is 0 Å². The molecule has 6 nitrogen and oxygen atoms in total. The molecule has 1 aromatic heterocycles. The zero-order valence-electron chi connectivity index (χ0n) is 18.7. The van der Waals surface area contributed by atoms with E-state index in [2.05, 4.69) is 57.0 Å². The lowest BCUT2D eigenvalue weighted by Gasteiger charge is -2.11. The number of nitrogens with zero attached hydrogens (tertiary/aromatic N) is 2. The van der Waals surface area contributed by atoms with Gasteiger partial charge in [0.15, 0.2) is 5.96 Å². The summed E-state index contributed by atoms with van der Waals surface area (Å²) in [6.45, 7) is 2.39. The van der Waals surface area contributed by atoms with E-state index in [4.69, 9.17) is 9.15 Å². The Morgan fingerprint density at radius 1 is 0.788 bits per heavy atom. The van der Waals surface area contributed by atoms with E-state index in [-0.39, 0.29) is 0 Å². The minimum Gasteiger partial charge on any atom is -0.444 e. The number of nitrogens with one attached hydrogen (secondary N) is 2. The Kier molecular flexibility index (Phi) is 7.87.